The molecule has 0 fully saturated rings. The number of nitrogens with one attached hydrogen (secondary N) is 1. The molecule has 0 spiro atoms. The van der Waals surface area contributed by atoms with E-state index in [1.165, 1.54) is 10.6 Å². The predicted molar refractivity (Wildman–Crippen MR) is 154 cm³/mol. The number of hydrogen-bond acceptors (Lipinski definition) is 6. The first kappa shape index (κ1) is 27.6. The Labute approximate surface area is 239 Å². The molecule has 10 nitrogen and oxygen atoms in total. The number of ether oxygens (including phenoxy) is 1. The number of nitrogens with zero attached hydrogens (tertiary/aromatic N) is 4. The van der Waals surface area contributed by atoms with Crippen molar-refractivity contribution in [3.63, 3.8) is 0 Å². The normalized spacial score (nSPS) is 15.0. The predicted octanol–water partition coefficient (Wildman–Crippen LogP) is 4.01. The van der Waals surface area contributed by atoms with Crippen LogP contribution in [0, 0.1) is 0 Å². The molecule has 0 amide bonds. The number of aromatic amines is 1. The van der Waals surface area contributed by atoms with Gasteiger partial charge in [-0.1, -0.05) is 41.9 Å². The van der Waals surface area contributed by atoms with E-state index in [1.54, 1.807) is 49.5 Å². The fraction of sp³-hybridized carbons (Fsp3) is 0.167. The minimum atomic E-state index is -0.992. The third-order valence-corrected chi connectivity index (χ3v) is 6.74. The maximum absolute atomic E-state index is 13.1. The van der Waals surface area contributed by atoms with Gasteiger partial charge in [0.05, 0.1) is 18.2 Å². The molecule has 2 N–H and O–H groups in total. The molecule has 2 heterocycles. The zero-order valence-corrected chi connectivity index (χ0v) is 22.8. The summed E-state index contributed by atoms with van der Waals surface area (Å²) in [5.74, 6) is -0.0369. The summed E-state index contributed by atoms with van der Waals surface area (Å²) >= 11 is 6.00. The van der Waals surface area contributed by atoms with Crippen LogP contribution in [0.2, 0.25) is 5.02 Å². The smallest absolute Gasteiger partial charge is 0.335 e. The third-order valence-electron chi connectivity index (χ3n) is 6.48. The second-order valence-corrected chi connectivity index (χ2v) is 9.70. The highest BCUT2D eigenvalue weighted by atomic mass is 35.5. The molecule has 11 heteroatoms. The van der Waals surface area contributed by atoms with Crippen molar-refractivity contribution in [1.29, 1.82) is 0 Å². The van der Waals surface area contributed by atoms with Crippen LogP contribution in [0.3, 0.4) is 0 Å². The zero-order valence-electron chi connectivity index (χ0n) is 22.0. The van der Waals surface area contributed by atoms with Gasteiger partial charge in [0.1, 0.15) is 5.76 Å². The van der Waals surface area contributed by atoms with Crippen LogP contribution in [0.1, 0.15) is 29.3 Å². The number of pyridine rings is 1. The van der Waals surface area contributed by atoms with Gasteiger partial charge in [-0.05, 0) is 67.0 Å². The number of allylic oxidation sites excluding steroid dienone is 1. The lowest BCUT2D eigenvalue weighted by Gasteiger charge is -2.15. The summed E-state index contributed by atoms with van der Waals surface area (Å²) in [5.41, 5.74) is 1.75. The zero-order chi connectivity index (χ0) is 28.9. The van der Waals surface area contributed by atoms with E-state index >= 15 is 0 Å². The molecule has 2 aromatic heterocycles. The minimum Gasteiger partial charge on any atom is -0.478 e. The van der Waals surface area contributed by atoms with Crippen LogP contribution in [0.5, 0.6) is 5.88 Å². The first-order valence-corrected chi connectivity index (χ1v) is 13.3. The lowest BCUT2D eigenvalue weighted by Crippen LogP contribution is -2.50. The van der Waals surface area contributed by atoms with Crippen molar-refractivity contribution in [1.82, 2.24) is 19.1 Å². The highest BCUT2D eigenvalue weighted by Crippen LogP contribution is 2.23. The Balaban J connectivity index is 1.33. The SMILES string of the molecule is CCn1c(=O)[nH]/c(=N\C2C=CC(Oc3ccc(-c4cccc(C(=O)O)c4)cn3)=CC2)n(Cc2ccc(Cl)cc2)c1=O. The molecule has 1 atom stereocenters. The molecular formula is C30H26ClN5O5. The molecule has 0 bridgehead atoms. The van der Waals surface area contributed by atoms with E-state index in [1.807, 2.05) is 36.4 Å². The first-order chi connectivity index (χ1) is 19.8. The number of hydrogen-bond donors (Lipinski definition) is 2. The van der Waals surface area contributed by atoms with Gasteiger partial charge in [-0.3, -0.25) is 9.55 Å². The monoisotopic (exact) mass is 571 g/mol. The van der Waals surface area contributed by atoms with Crippen LogP contribution >= 0.6 is 11.6 Å². The molecular weight excluding hydrogens is 546 g/mol. The van der Waals surface area contributed by atoms with E-state index in [4.69, 9.17) is 16.3 Å². The number of H-pyrrole nitrogens is 1. The molecule has 0 radical (unpaired) electrons. The second kappa shape index (κ2) is 12.1. The number of aromatic carboxylic acids is 1. The number of carboxylic acid groups (broad SMARTS) is 1. The van der Waals surface area contributed by atoms with Gasteiger partial charge >= 0.3 is 17.3 Å². The highest BCUT2D eigenvalue weighted by molar-refractivity contribution is 6.30. The summed E-state index contributed by atoms with van der Waals surface area (Å²) < 4.78 is 8.45. The number of carbonyl (C=O) groups is 1. The van der Waals surface area contributed by atoms with Crippen LogP contribution in [0.4, 0.5) is 0 Å². The van der Waals surface area contributed by atoms with E-state index < -0.39 is 17.3 Å². The van der Waals surface area contributed by atoms with Crippen LogP contribution < -0.4 is 21.7 Å². The third kappa shape index (κ3) is 6.44. The van der Waals surface area contributed by atoms with Gasteiger partial charge in [0.2, 0.25) is 11.5 Å². The standard InChI is InChI=1S/C30H26ClN5O5/c1-2-35-29(39)34-28(36(30(35)40)18-19-6-9-23(31)10-7-19)33-24-11-13-25(14-12-24)41-26-15-8-22(17-32-26)20-4-3-5-21(16-20)27(37)38/h3-11,13-17,24H,2,12,18H2,1H3,(H,37,38)(H,33,34,39). The summed E-state index contributed by atoms with van der Waals surface area (Å²) in [6.07, 6.45) is 7.55. The van der Waals surface area contributed by atoms with Gasteiger partial charge in [-0.15, -0.1) is 0 Å². The maximum atomic E-state index is 13.1. The number of carboxylic acids is 1. The van der Waals surface area contributed by atoms with Crippen LogP contribution in [0.25, 0.3) is 11.1 Å². The van der Waals surface area contributed by atoms with E-state index in [0.717, 1.165) is 21.3 Å². The van der Waals surface area contributed by atoms with E-state index in [-0.39, 0.29) is 30.3 Å². The molecule has 1 unspecified atom stereocenters. The Morgan fingerprint density at radius 1 is 1.12 bits per heavy atom. The molecule has 208 valence electrons. The largest absolute Gasteiger partial charge is 0.478 e. The Morgan fingerprint density at radius 3 is 2.59 bits per heavy atom. The molecule has 1 aliphatic carbocycles. The molecule has 41 heavy (non-hydrogen) atoms. The van der Waals surface area contributed by atoms with E-state index in [0.29, 0.717) is 23.1 Å². The summed E-state index contributed by atoms with van der Waals surface area (Å²) in [6, 6.07) is 16.9. The Hall–Kier alpha value is -4.96. The van der Waals surface area contributed by atoms with Crippen molar-refractivity contribution >= 4 is 17.6 Å². The number of benzene rings is 2. The molecule has 0 aliphatic heterocycles. The fourth-order valence-corrected chi connectivity index (χ4v) is 4.46. The molecule has 0 saturated carbocycles. The molecule has 2 aromatic carbocycles. The van der Waals surface area contributed by atoms with Gasteiger partial charge < -0.3 is 9.84 Å². The number of rotatable bonds is 8. The fourth-order valence-electron chi connectivity index (χ4n) is 4.33. The lowest BCUT2D eigenvalue weighted by molar-refractivity contribution is 0.0697. The minimum absolute atomic E-state index is 0.177. The number of aromatic nitrogens is 4. The molecule has 0 saturated heterocycles. The summed E-state index contributed by atoms with van der Waals surface area (Å²) in [6.45, 7) is 2.18. The summed E-state index contributed by atoms with van der Waals surface area (Å²) in [7, 11) is 0. The van der Waals surface area contributed by atoms with Gasteiger partial charge in [-0.2, -0.15) is 0 Å². The topological polar surface area (TPSA) is 132 Å². The number of halogens is 1. The van der Waals surface area contributed by atoms with Crippen molar-refractivity contribution in [2.24, 2.45) is 4.99 Å². The van der Waals surface area contributed by atoms with Gasteiger partial charge in [-0.25, -0.2) is 28.9 Å². The van der Waals surface area contributed by atoms with Crippen molar-refractivity contribution < 1.29 is 14.6 Å². The van der Waals surface area contributed by atoms with Crippen molar-refractivity contribution in [2.75, 3.05) is 0 Å². The van der Waals surface area contributed by atoms with Gasteiger partial charge in [0.15, 0.2) is 0 Å². The first-order valence-electron chi connectivity index (χ1n) is 12.9. The lowest BCUT2D eigenvalue weighted by atomic mass is 10.1. The second-order valence-electron chi connectivity index (χ2n) is 9.26. The average Bonchev–Trinajstić information content (AvgIpc) is 2.98. The Bertz CT molecular complexity index is 1830. The Morgan fingerprint density at radius 2 is 1.93 bits per heavy atom. The van der Waals surface area contributed by atoms with Gasteiger partial charge in [0.25, 0.3) is 0 Å². The maximum Gasteiger partial charge on any atom is 0.335 e. The van der Waals surface area contributed by atoms with Gasteiger partial charge in [0, 0.05) is 29.4 Å². The van der Waals surface area contributed by atoms with E-state index in [9.17, 15) is 19.5 Å². The average molecular weight is 572 g/mol. The van der Waals surface area contributed by atoms with Crippen molar-refractivity contribution in [3.8, 4) is 17.0 Å². The molecule has 4 aromatic rings. The summed E-state index contributed by atoms with van der Waals surface area (Å²) in [5, 5.41) is 9.81. The highest BCUT2D eigenvalue weighted by Gasteiger charge is 2.13. The molecule has 5 rings (SSSR count). The van der Waals surface area contributed by atoms with Crippen LogP contribution in [-0.4, -0.2) is 36.2 Å². The van der Waals surface area contributed by atoms with Crippen molar-refractivity contribution in [3.05, 3.63) is 134 Å². The summed E-state index contributed by atoms with van der Waals surface area (Å²) in [4.78, 5) is 48.6. The quantitative estimate of drug-likeness (QED) is 0.328. The van der Waals surface area contributed by atoms with E-state index in [2.05, 4.69) is 15.0 Å². The van der Waals surface area contributed by atoms with Crippen molar-refractivity contribution in [2.45, 2.75) is 32.5 Å². The Kier molecular flexibility index (Phi) is 8.11. The molecule has 1 aliphatic rings. The van der Waals surface area contributed by atoms with Crippen LogP contribution in [-0.2, 0) is 13.1 Å². The van der Waals surface area contributed by atoms with Crippen LogP contribution in [0.15, 0.2) is 105 Å².